The molecule has 2 rings (SSSR count). The van der Waals surface area contributed by atoms with E-state index >= 15 is 0 Å². The van der Waals surface area contributed by atoms with Gasteiger partial charge in [-0.3, -0.25) is 9.78 Å². The fourth-order valence-corrected chi connectivity index (χ4v) is 1.75. The van der Waals surface area contributed by atoms with Gasteiger partial charge in [-0.05, 0) is 17.5 Å². The average molecular weight is 216 g/mol. The number of amides is 1. The topological polar surface area (TPSA) is 65.2 Å². The summed E-state index contributed by atoms with van der Waals surface area (Å²) >= 11 is 0. The molecule has 0 unspecified atom stereocenters. The van der Waals surface area contributed by atoms with E-state index in [-0.39, 0.29) is 12.3 Å². The van der Waals surface area contributed by atoms with Crippen LogP contribution >= 0.6 is 0 Å². The first-order valence-corrected chi connectivity index (χ1v) is 4.90. The van der Waals surface area contributed by atoms with Gasteiger partial charge in [-0.1, -0.05) is 6.07 Å². The zero-order valence-electron chi connectivity index (χ0n) is 8.93. The second kappa shape index (κ2) is 4.18. The van der Waals surface area contributed by atoms with E-state index in [0.29, 0.717) is 5.75 Å². The van der Waals surface area contributed by atoms with Crippen LogP contribution < -0.4 is 10.5 Å². The van der Waals surface area contributed by atoms with E-state index in [9.17, 15) is 4.79 Å². The van der Waals surface area contributed by atoms with Crippen molar-refractivity contribution in [2.45, 2.75) is 6.42 Å². The molecule has 2 N–H and O–H groups in total. The number of nitrogens with zero attached hydrogens (tertiary/aromatic N) is 1. The molecule has 0 aliphatic heterocycles. The maximum absolute atomic E-state index is 11.0. The van der Waals surface area contributed by atoms with Crippen molar-refractivity contribution >= 4 is 16.7 Å². The molecule has 2 aromatic rings. The predicted molar refractivity (Wildman–Crippen MR) is 61.2 cm³/mol. The predicted octanol–water partition coefficient (Wildman–Crippen LogP) is 1.27. The molecule has 1 aromatic heterocycles. The molecule has 0 radical (unpaired) electrons. The summed E-state index contributed by atoms with van der Waals surface area (Å²) < 4.78 is 5.22. The van der Waals surface area contributed by atoms with Crippen molar-refractivity contribution in [1.29, 1.82) is 0 Å². The zero-order chi connectivity index (χ0) is 11.5. The average Bonchev–Trinajstić information content (AvgIpc) is 2.29. The Bertz CT molecular complexity index is 538. The number of rotatable bonds is 3. The van der Waals surface area contributed by atoms with Crippen LogP contribution in [-0.4, -0.2) is 18.0 Å². The summed E-state index contributed by atoms with van der Waals surface area (Å²) in [5.41, 5.74) is 6.02. The molecule has 0 aliphatic rings. The van der Waals surface area contributed by atoms with Gasteiger partial charge >= 0.3 is 0 Å². The molecule has 1 heterocycles. The molecule has 0 saturated heterocycles. The summed E-state index contributed by atoms with van der Waals surface area (Å²) in [5, 5.41) is 1.92. The highest BCUT2D eigenvalue weighted by molar-refractivity contribution is 5.91. The van der Waals surface area contributed by atoms with Crippen molar-refractivity contribution in [2.24, 2.45) is 5.73 Å². The molecule has 4 heteroatoms. The van der Waals surface area contributed by atoms with Crippen LogP contribution in [0, 0.1) is 0 Å². The van der Waals surface area contributed by atoms with Gasteiger partial charge in [0.2, 0.25) is 5.91 Å². The lowest BCUT2D eigenvalue weighted by Crippen LogP contribution is -2.14. The zero-order valence-corrected chi connectivity index (χ0v) is 8.93. The van der Waals surface area contributed by atoms with Gasteiger partial charge in [0.05, 0.1) is 13.5 Å². The monoisotopic (exact) mass is 216 g/mol. The number of methoxy groups -OCH3 is 1. The Morgan fingerprint density at radius 3 is 2.94 bits per heavy atom. The molecule has 0 saturated carbocycles. The lowest BCUT2D eigenvalue weighted by Gasteiger charge is -2.10. The smallest absolute Gasteiger partial charge is 0.222 e. The molecule has 16 heavy (non-hydrogen) atoms. The first kappa shape index (κ1) is 10.4. The van der Waals surface area contributed by atoms with Crippen molar-refractivity contribution in [3.63, 3.8) is 0 Å². The van der Waals surface area contributed by atoms with Gasteiger partial charge in [-0.25, -0.2) is 0 Å². The molecule has 1 aromatic carbocycles. The van der Waals surface area contributed by atoms with Gasteiger partial charge in [0, 0.05) is 23.3 Å². The van der Waals surface area contributed by atoms with E-state index in [0.717, 1.165) is 16.3 Å². The van der Waals surface area contributed by atoms with Gasteiger partial charge in [0.25, 0.3) is 0 Å². The Morgan fingerprint density at radius 1 is 1.44 bits per heavy atom. The number of ether oxygens (including phenoxy) is 1. The number of pyridine rings is 1. The number of nitrogens with two attached hydrogens (primary N) is 1. The number of hydrogen-bond donors (Lipinski definition) is 1. The van der Waals surface area contributed by atoms with Crippen LogP contribution in [0.3, 0.4) is 0 Å². The van der Waals surface area contributed by atoms with E-state index in [2.05, 4.69) is 4.98 Å². The summed E-state index contributed by atoms with van der Waals surface area (Å²) in [5.74, 6) is 0.286. The van der Waals surface area contributed by atoms with Crippen LogP contribution in [-0.2, 0) is 11.2 Å². The minimum Gasteiger partial charge on any atom is -0.496 e. The van der Waals surface area contributed by atoms with Crippen molar-refractivity contribution in [1.82, 2.24) is 4.98 Å². The van der Waals surface area contributed by atoms with E-state index in [1.54, 1.807) is 19.5 Å². The summed E-state index contributed by atoms with van der Waals surface area (Å²) in [6.07, 6.45) is 3.59. The number of aromatic nitrogens is 1. The van der Waals surface area contributed by atoms with Gasteiger partial charge in [-0.2, -0.15) is 0 Å². The van der Waals surface area contributed by atoms with E-state index in [1.807, 2.05) is 18.2 Å². The van der Waals surface area contributed by atoms with Crippen molar-refractivity contribution in [2.75, 3.05) is 7.11 Å². The Labute approximate surface area is 93.0 Å². The highest BCUT2D eigenvalue weighted by Crippen LogP contribution is 2.27. The highest BCUT2D eigenvalue weighted by Gasteiger charge is 2.10. The molecule has 0 atom stereocenters. The Balaban J connectivity index is 2.67. The van der Waals surface area contributed by atoms with Crippen LogP contribution in [0.4, 0.5) is 0 Å². The first-order valence-electron chi connectivity index (χ1n) is 4.90. The quantitative estimate of drug-likeness (QED) is 0.840. The van der Waals surface area contributed by atoms with Gasteiger partial charge < -0.3 is 10.5 Å². The van der Waals surface area contributed by atoms with Crippen LogP contribution in [0.5, 0.6) is 5.75 Å². The van der Waals surface area contributed by atoms with E-state index in [1.165, 1.54) is 0 Å². The third-order valence-electron chi connectivity index (χ3n) is 2.46. The second-order valence-electron chi connectivity index (χ2n) is 3.49. The van der Waals surface area contributed by atoms with Gasteiger partial charge in [0.1, 0.15) is 5.75 Å². The summed E-state index contributed by atoms with van der Waals surface area (Å²) in [4.78, 5) is 15.1. The first-order chi connectivity index (χ1) is 7.72. The van der Waals surface area contributed by atoms with Gasteiger partial charge in [0.15, 0.2) is 0 Å². The summed E-state index contributed by atoms with van der Waals surface area (Å²) in [6.45, 7) is 0. The van der Waals surface area contributed by atoms with E-state index < -0.39 is 0 Å². The van der Waals surface area contributed by atoms with Crippen LogP contribution in [0.1, 0.15) is 5.56 Å². The number of carbonyl (C=O) groups excluding carboxylic acids is 1. The minimum absolute atomic E-state index is 0.159. The molecule has 0 spiro atoms. The van der Waals surface area contributed by atoms with Crippen molar-refractivity contribution < 1.29 is 9.53 Å². The van der Waals surface area contributed by atoms with E-state index in [4.69, 9.17) is 10.5 Å². The molecule has 0 aliphatic carbocycles. The lowest BCUT2D eigenvalue weighted by atomic mass is 10.0. The summed E-state index contributed by atoms with van der Waals surface area (Å²) in [7, 11) is 1.57. The highest BCUT2D eigenvalue weighted by atomic mass is 16.5. The van der Waals surface area contributed by atoms with Crippen LogP contribution in [0.2, 0.25) is 0 Å². The number of benzene rings is 1. The Kier molecular flexibility index (Phi) is 2.72. The summed E-state index contributed by atoms with van der Waals surface area (Å²) in [6, 6.07) is 5.65. The SMILES string of the molecule is COc1ccc2ccncc2c1CC(N)=O. The molecular formula is C12H12N2O2. The molecule has 1 amide bonds. The maximum atomic E-state index is 11.0. The normalized spacial score (nSPS) is 10.3. The third kappa shape index (κ3) is 1.82. The molecule has 4 nitrogen and oxygen atoms in total. The largest absolute Gasteiger partial charge is 0.496 e. The fourth-order valence-electron chi connectivity index (χ4n) is 1.75. The fraction of sp³-hybridized carbons (Fsp3) is 0.167. The number of carbonyl (C=O) groups is 1. The number of hydrogen-bond acceptors (Lipinski definition) is 3. The number of fused-ring (bicyclic) bond motifs is 1. The van der Waals surface area contributed by atoms with Crippen LogP contribution in [0.25, 0.3) is 10.8 Å². The molecule has 0 fully saturated rings. The maximum Gasteiger partial charge on any atom is 0.222 e. The Hall–Kier alpha value is -2.10. The van der Waals surface area contributed by atoms with Crippen molar-refractivity contribution in [3.05, 3.63) is 36.2 Å². The standard InChI is InChI=1S/C12H12N2O2/c1-16-11-3-2-8-4-5-14-7-10(8)9(11)6-12(13)15/h2-5,7H,6H2,1H3,(H2,13,15). The molecule has 82 valence electrons. The van der Waals surface area contributed by atoms with Crippen molar-refractivity contribution in [3.8, 4) is 5.75 Å². The molecule has 0 bridgehead atoms. The lowest BCUT2D eigenvalue weighted by molar-refractivity contribution is -0.117. The van der Waals surface area contributed by atoms with Crippen LogP contribution in [0.15, 0.2) is 30.6 Å². The second-order valence-corrected chi connectivity index (χ2v) is 3.49. The number of primary amides is 1. The molecular weight excluding hydrogens is 204 g/mol. The van der Waals surface area contributed by atoms with Gasteiger partial charge in [-0.15, -0.1) is 0 Å². The minimum atomic E-state index is -0.380. The third-order valence-corrected chi connectivity index (χ3v) is 2.46. The Morgan fingerprint density at radius 2 is 2.25 bits per heavy atom.